The standard InChI is InChI=1S/C19H15F3O4/c1-10-5-3-4-6-14(10)25-15-8-7-12-9-13(18(23)24)17(19(20,21)22)26-16(12)11(15)2/h3-9,17H,1-2H3,(H,23,24). The van der Waals surface area contributed by atoms with Crippen molar-refractivity contribution in [3.8, 4) is 17.2 Å². The predicted molar refractivity (Wildman–Crippen MR) is 88.5 cm³/mol. The van der Waals surface area contributed by atoms with Crippen LogP contribution in [0.4, 0.5) is 13.2 Å². The van der Waals surface area contributed by atoms with Crippen LogP contribution in [-0.4, -0.2) is 23.4 Å². The molecular weight excluding hydrogens is 349 g/mol. The van der Waals surface area contributed by atoms with Gasteiger partial charge in [0.15, 0.2) is 0 Å². The summed E-state index contributed by atoms with van der Waals surface area (Å²) >= 11 is 0. The van der Waals surface area contributed by atoms with Crippen molar-refractivity contribution in [1.29, 1.82) is 0 Å². The summed E-state index contributed by atoms with van der Waals surface area (Å²) in [6, 6.07) is 10.3. The highest BCUT2D eigenvalue weighted by atomic mass is 19.4. The van der Waals surface area contributed by atoms with Crippen molar-refractivity contribution in [3.63, 3.8) is 0 Å². The average Bonchev–Trinajstić information content (AvgIpc) is 2.57. The largest absolute Gasteiger partial charge is 0.478 e. The number of hydrogen-bond donors (Lipinski definition) is 1. The topological polar surface area (TPSA) is 55.8 Å². The normalized spacial score (nSPS) is 16.3. The molecule has 0 fully saturated rings. The molecule has 2 aromatic rings. The molecule has 7 heteroatoms. The minimum absolute atomic E-state index is 0.0385. The van der Waals surface area contributed by atoms with E-state index in [1.54, 1.807) is 25.1 Å². The molecular formula is C19H15F3O4. The van der Waals surface area contributed by atoms with Gasteiger partial charge in [-0.25, -0.2) is 4.79 Å². The Morgan fingerprint density at radius 3 is 2.42 bits per heavy atom. The number of ether oxygens (including phenoxy) is 2. The first-order valence-corrected chi connectivity index (χ1v) is 7.74. The van der Waals surface area contributed by atoms with Crippen LogP contribution in [-0.2, 0) is 4.79 Å². The monoisotopic (exact) mass is 364 g/mol. The van der Waals surface area contributed by atoms with Gasteiger partial charge in [-0.15, -0.1) is 0 Å². The summed E-state index contributed by atoms with van der Waals surface area (Å²) in [7, 11) is 0. The van der Waals surface area contributed by atoms with E-state index in [9.17, 15) is 18.0 Å². The number of fused-ring (bicyclic) bond motifs is 1. The van der Waals surface area contributed by atoms with Gasteiger partial charge in [-0.2, -0.15) is 13.2 Å². The fraction of sp³-hybridized carbons (Fsp3) is 0.211. The third kappa shape index (κ3) is 3.24. The highest BCUT2D eigenvalue weighted by Crippen LogP contribution is 2.42. The van der Waals surface area contributed by atoms with Crippen molar-refractivity contribution in [3.05, 3.63) is 58.7 Å². The van der Waals surface area contributed by atoms with Crippen molar-refractivity contribution in [2.45, 2.75) is 26.1 Å². The first kappa shape index (κ1) is 17.8. The minimum atomic E-state index is -4.85. The maximum absolute atomic E-state index is 13.2. The van der Waals surface area contributed by atoms with E-state index >= 15 is 0 Å². The summed E-state index contributed by atoms with van der Waals surface area (Å²) in [6.45, 7) is 3.42. The van der Waals surface area contributed by atoms with E-state index in [1.807, 2.05) is 19.1 Å². The molecule has 0 saturated heterocycles. The molecule has 0 aliphatic carbocycles. The van der Waals surface area contributed by atoms with Crippen molar-refractivity contribution in [2.24, 2.45) is 0 Å². The second kappa shape index (κ2) is 6.40. The molecule has 0 bridgehead atoms. The number of carbonyl (C=O) groups is 1. The molecule has 0 aromatic heterocycles. The predicted octanol–water partition coefficient (Wildman–Crippen LogP) is 4.89. The molecule has 1 aliphatic rings. The van der Waals surface area contributed by atoms with E-state index in [4.69, 9.17) is 14.6 Å². The van der Waals surface area contributed by atoms with Crippen molar-refractivity contribution < 1.29 is 32.5 Å². The van der Waals surface area contributed by atoms with Crippen LogP contribution in [0, 0.1) is 13.8 Å². The lowest BCUT2D eigenvalue weighted by Crippen LogP contribution is -2.40. The molecule has 26 heavy (non-hydrogen) atoms. The van der Waals surface area contributed by atoms with Gasteiger partial charge < -0.3 is 14.6 Å². The van der Waals surface area contributed by atoms with Gasteiger partial charge in [0.1, 0.15) is 17.2 Å². The minimum Gasteiger partial charge on any atom is -0.478 e. The number of aryl methyl sites for hydroxylation is 1. The van der Waals surface area contributed by atoms with Crippen molar-refractivity contribution in [2.75, 3.05) is 0 Å². The number of carboxylic acids is 1. The van der Waals surface area contributed by atoms with Crippen LogP contribution in [0.1, 0.15) is 16.7 Å². The molecule has 2 aromatic carbocycles. The van der Waals surface area contributed by atoms with Crippen LogP contribution < -0.4 is 9.47 Å². The molecule has 136 valence electrons. The summed E-state index contributed by atoms with van der Waals surface area (Å²) in [5.41, 5.74) is 0.641. The Hall–Kier alpha value is -2.96. The van der Waals surface area contributed by atoms with E-state index in [1.165, 1.54) is 6.07 Å². The number of aliphatic carboxylic acids is 1. The number of benzene rings is 2. The molecule has 3 rings (SSSR count). The van der Waals surface area contributed by atoms with Gasteiger partial charge in [0, 0.05) is 11.1 Å². The Morgan fingerprint density at radius 2 is 1.81 bits per heavy atom. The second-order valence-electron chi connectivity index (χ2n) is 5.92. The summed E-state index contributed by atoms with van der Waals surface area (Å²) in [5, 5.41) is 9.07. The fourth-order valence-electron chi connectivity index (χ4n) is 2.71. The number of alkyl halides is 3. The lowest BCUT2D eigenvalue weighted by atomic mass is 9.99. The SMILES string of the molecule is Cc1ccccc1Oc1ccc2c(c1C)OC(C(F)(F)F)C(C(=O)O)=C2. The van der Waals surface area contributed by atoms with Crippen LogP contribution in [0.25, 0.3) is 6.08 Å². The first-order valence-electron chi connectivity index (χ1n) is 7.74. The summed E-state index contributed by atoms with van der Waals surface area (Å²) in [6.07, 6.45) is -6.38. The van der Waals surface area contributed by atoms with Gasteiger partial charge in [0.25, 0.3) is 0 Å². The Morgan fingerprint density at radius 1 is 1.12 bits per heavy atom. The molecule has 1 atom stereocenters. The van der Waals surface area contributed by atoms with E-state index in [-0.39, 0.29) is 11.3 Å². The van der Waals surface area contributed by atoms with E-state index in [2.05, 4.69) is 0 Å². The highest BCUT2D eigenvalue weighted by Gasteiger charge is 2.48. The summed E-state index contributed by atoms with van der Waals surface area (Å²) < 4.78 is 50.5. The molecule has 1 N–H and O–H groups in total. The molecule has 0 amide bonds. The van der Waals surface area contributed by atoms with Gasteiger partial charge in [-0.3, -0.25) is 0 Å². The van der Waals surface area contributed by atoms with E-state index < -0.39 is 23.8 Å². The zero-order valence-electron chi connectivity index (χ0n) is 13.9. The van der Waals surface area contributed by atoms with E-state index in [0.717, 1.165) is 11.6 Å². The van der Waals surface area contributed by atoms with Crippen LogP contribution >= 0.6 is 0 Å². The fourth-order valence-corrected chi connectivity index (χ4v) is 2.71. The smallest absolute Gasteiger partial charge is 0.430 e. The quantitative estimate of drug-likeness (QED) is 0.843. The molecule has 0 saturated carbocycles. The van der Waals surface area contributed by atoms with Crippen molar-refractivity contribution >= 4 is 12.0 Å². The van der Waals surface area contributed by atoms with Crippen LogP contribution in [0.5, 0.6) is 17.2 Å². The van der Waals surface area contributed by atoms with Gasteiger partial charge in [0.05, 0.1) is 5.57 Å². The van der Waals surface area contributed by atoms with Crippen molar-refractivity contribution in [1.82, 2.24) is 0 Å². The lowest BCUT2D eigenvalue weighted by Gasteiger charge is -2.28. The number of halogens is 3. The Bertz CT molecular complexity index is 900. The Kier molecular flexibility index (Phi) is 4.39. The third-order valence-electron chi connectivity index (χ3n) is 4.07. The first-order chi connectivity index (χ1) is 12.2. The molecule has 0 radical (unpaired) electrons. The Balaban J connectivity index is 2.04. The molecule has 1 aliphatic heterocycles. The second-order valence-corrected chi connectivity index (χ2v) is 5.92. The molecule has 1 unspecified atom stereocenters. The van der Waals surface area contributed by atoms with Crippen LogP contribution in [0.2, 0.25) is 0 Å². The molecule has 4 nitrogen and oxygen atoms in total. The zero-order valence-corrected chi connectivity index (χ0v) is 13.9. The summed E-state index contributed by atoms with van der Waals surface area (Å²) in [5.74, 6) is -0.800. The molecule has 0 spiro atoms. The number of hydrogen-bond acceptors (Lipinski definition) is 3. The van der Waals surface area contributed by atoms with Gasteiger partial charge in [-0.1, -0.05) is 18.2 Å². The van der Waals surface area contributed by atoms with Gasteiger partial charge in [0.2, 0.25) is 6.10 Å². The number of rotatable bonds is 3. The highest BCUT2D eigenvalue weighted by molar-refractivity contribution is 5.95. The molecule has 1 heterocycles. The van der Waals surface area contributed by atoms with Crippen LogP contribution in [0.15, 0.2) is 42.0 Å². The zero-order chi connectivity index (χ0) is 19.1. The maximum atomic E-state index is 13.2. The average molecular weight is 364 g/mol. The van der Waals surface area contributed by atoms with Gasteiger partial charge in [-0.05, 0) is 43.7 Å². The van der Waals surface area contributed by atoms with Crippen LogP contribution in [0.3, 0.4) is 0 Å². The number of carboxylic acid groups (broad SMARTS) is 1. The number of para-hydroxylation sites is 1. The summed E-state index contributed by atoms with van der Waals surface area (Å²) in [4.78, 5) is 11.2. The van der Waals surface area contributed by atoms with E-state index in [0.29, 0.717) is 17.1 Å². The maximum Gasteiger partial charge on any atom is 0.430 e. The lowest BCUT2D eigenvalue weighted by molar-refractivity contribution is -0.187. The van der Waals surface area contributed by atoms with Gasteiger partial charge >= 0.3 is 12.1 Å². The Labute approximate surface area is 147 Å². The third-order valence-corrected chi connectivity index (χ3v) is 4.07.